The zero-order valence-electron chi connectivity index (χ0n) is 10.4. The van der Waals surface area contributed by atoms with E-state index in [2.05, 4.69) is 5.32 Å². The molecule has 4 heteroatoms. The summed E-state index contributed by atoms with van der Waals surface area (Å²) in [6.07, 6.45) is 0.628. The Hall–Kier alpha value is -2.49. The number of rotatable bonds is 7. The number of benzene rings is 2. The van der Waals surface area contributed by atoms with Crippen LogP contribution >= 0.6 is 0 Å². The molecule has 2 aromatic carbocycles. The molecule has 1 amide bonds. The lowest BCUT2D eigenvalue weighted by Crippen LogP contribution is -2.10. The average molecular weight is 257 g/mol. The van der Waals surface area contributed by atoms with Crippen molar-refractivity contribution in [3.63, 3.8) is 0 Å². The third-order valence-electron chi connectivity index (χ3n) is 2.45. The van der Waals surface area contributed by atoms with Gasteiger partial charge in [-0.1, -0.05) is 30.3 Å². The van der Waals surface area contributed by atoms with Crippen LogP contribution in [0.5, 0.6) is 11.5 Å². The summed E-state index contributed by atoms with van der Waals surface area (Å²) < 4.78 is 11.1. The van der Waals surface area contributed by atoms with Crippen molar-refractivity contribution in [1.82, 2.24) is 0 Å². The zero-order valence-corrected chi connectivity index (χ0v) is 10.4. The summed E-state index contributed by atoms with van der Waals surface area (Å²) >= 11 is 0. The summed E-state index contributed by atoms with van der Waals surface area (Å²) in [4.78, 5) is 10.5. The number of ether oxygens (including phenoxy) is 2. The molecular weight excluding hydrogens is 242 g/mol. The summed E-state index contributed by atoms with van der Waals surface area (Å²) in [5.74, 6) is 1.44. The number of para-hydroxylation sites is 3. The van der Waals surface area contributed by atoms with Gasteiger partial charge in [0.25, 0.3) is 0 Å². The Morgan fingerprint density at radius 3 is 2.37 bits per heavy atom. The second kappa shape index (κ2) is 7.06. The molecule has 0 saturated heterocycles. The number of hydrogen-bond donors (Lipinski definition) is 1. The molecular formula is C15H15NO3. The van der Waals surface area contributed by atoms with Crippen LogP contribution in [0.3, 0.4) is 0 Å². The SMILES string of the molecule is O=CNc1ccccc1OCCOc1ccccc1. The fraction of sp³-hybridized carbons (Fsp3) is 0.133. The first-order valence-corrected chi connectivity index (χ1v) is 6.00. The number of hydrogen-bond acceptors (Lipinski definition) is 3. The van der Waals surface area contributed by atoms with E-state index in [0.29, 0.717) is 31.1 Å². The summed E-state index contributed by atoms with van der Waals surface area (Å²) in [5, 5.41) is 2.59. The van der Waals surface area contributed by atoms with Crippen molar-refractivity contribution in [2.75, 3.05) is 18.5 Å². The summed E-state index contributed by atoms with van der Waals surface area (Å²) in [7, 11) is 0. The van der Waals surface area contributed by atoms with E-state index in [1.807, 2.05) is 42.5 Å². The Morgan fingerprint density at radius 2 is 1.58 bits per heavy atom. The smallest absolute Gasteiger partial charge is 0.211 e. The number of carbonyl (C=O) groups is 1. The van der Waals surface area contributed by atoms with Gasteiger partial charge < -0.3 is 14.8 Å². The molecule has 19 heavy (non-hydrogen) atoms. The van der Waals surface area contributed by atoms with Crippen molar-refractivity contribution in [2.45, 2.75) is 0 Å². The molecule has 0 aliphatic heterocycles. The average Bonchev–Trinajstić information content (AvgIpc) is 2.47. The van der Waals surface area contributed by atoms with Crippen molar-refractivity contribution < 1.29 is 14.3 Å². The third kappa shape index (κ3) is 4.03. The van der Waals surface area contributed by atoms with E-state index in [9.17, 15) is 4.79 Å². The highest BCUT2D eigenvalue weighted by atomic mass is 16.5. The molecule has 0 aromatic heterocycles. The van der Waals surface area contributed by atoms with Gasteiger partial charge in [0.2, 0.25) is 6.41 Å². The van der Waals surface area contributed by atoms with Gasteiger partial charge >= 0.3 is 0 Å². The van der Waals surface area contributed by atoms with Gasteiger partial charge in [-0.3, -0.25) is 4.79 Å². The highest BCUT2D eigenvalue weighted by Crippen LogP contribution is 2.22. The van der Waals surface area contributed by atoms with E-state index in [4.69, 9.17) is 9.47 Å². The van der Waals surface area contributed by atoms with Crippen LogP contribution in [0.1, 0.15) is 0 Å². The highest BCUT2D eigenvalue weighted by Gasteiger charge is 2.01. The molecule has 98 valence electrons. The third-order valence-corrected chi connectivity index (χ3v) is 2.45. The molecule has 0 atom stereocenters. The van der Waals surface area contributed by atoms with Gasteiger partial charge in [-0.25, -0.2) is 0 Å². The van der Waals surface area contributed by atoms with Crippen molar-refractivity contribution in [3.05, 3.63) is 54.6 Å². The van der Waals surface area contributed by atoms with E-state index < -0.39 is 0 Å². The van der Waals surface area contributed by atoms with Crippen molar-refractivity contribution in [2.24, 2.45) is 0 Å². The Morgan fingerprint density at radius 1 is 0.895 bits per heavy atom. The molecule has 4 nitrogen and oxygen atoms in total. The van der Waals surface area contributed by atoms with E-state index in [1.54, 1.807) is 12.1 Å². The number of nitrogens with one attached hydrogen (secondary N) is 1. The second-order valence-corrected chi connectivity index (χ2v) is 3.77. The molecule has 0 radical (unpaired) electrons. The lowest BCUT2D eigenvalue weighted by Gasteiger charge is -2.11. The van der Waals surface area contributed by atoms with Crippen molar-refractivity contribution in [3.8, 4) is 11.5 Å². The first kappa shape index (κ1) is 13.0. The molecule has 0 heterocycles. The molecule has 0 aliphatic carbocycles. The minimum atomic E-state index is 0.409. The van der Waals surface area contributed by atoms with Crippen LogP contribution in [0.15, 0.2) is 54.6 Å². The van der Waals surface area contributed by atoms with Crippen LogP contribution in [0.2, 0.25) is 0 Å². The molecule has 0 aliphatic rings. The van der Waals surface area contributed by atoms with Gasteiger partial charge in [0.15, 0.2) is 0 Å². The lowest BCUT2D eigenvalue weighted by molar-refractivity contribution is -0.105. The Balaban J connectivity index is 1.81. The Kier molecular flexibility index (Phi) is 4.81. The van der Waals surface area contributed by atoms with Gasteiger partial charge in [0, 0.05) is 0 Å². The molecule has 1 N–H and O–H groups in total. The fourth-order valence-corrected chi connectivity index (χ4v) is 1.60. The maximum atomic E-state index is 10.5. The highest BCUT2D eigenvalue weighted by molar-refractivity contribution is 5.75. The number of anilines is 1. The minimum Gasteiger partial charge on any atom is -0.490 e. The van der Waals surface area contributed by atoms with Crippen LogP contribution in [-0.4, -0.2) is 19.6 Å². The normalized spacial score (nSPS) is 9.68. The van der Waals surface area contributed by atoms with Gasteiger partial charge in [0.1, 0.15) is 24.7 Å². The van der Waals surface area contributed by atoms with E-state index in [0.717, 1.165) is 5.75 Å². The van der Waals surface area contributed by atoms with E-state index in [-0.39, 0.29) is 0 Å². The number of carbonyl (C=O) groups excluding carboxylic acids is 1. The van der Waals surface area contributed by atoms with E-state index >= 15 is 0 Å². The van der Waals surface area contributed by atoms with Gasteiger partial charge in [0.05, 0.1) is 5.69 Å². The number of amides is 1. The predicted octanol–water partition coefficient (Wildman–Crippen LogP) is 2.71. The molecule has 2 rings (SSSR count). The van der Waals surface area contributed by atoms with Crippen LogP contribution in [0.25, 0.3) is 0 Å². The monoisotopic (exact) mass is 257 g/mol. The first-order valence-electron chi connectivity index (χ1n) is 6.00. The first-order chi connectivity index (χ1) is 9.40. The van der Waals surface area contributed by atoms with Crippen LogP contribution in [0, 0.1) is 0 Å². The summed E-state index contributed by atoms with van der Waals surface area (Å²) in [6.45, 7) is 0.853. The minimum absolute atomic E-state index is 0.409. The van der Waals surface area contributed by atoms with Crippen molar-refractivity contribution in [1.29, 1.82) is 0 Å². The van der Waals surface area contributed by atoms with Crippen LogP contribution in [-0.2, 0) is 4.79 Å². The van der Waals surface area contributed by atoms with E-state index in [1.165, 1.54) is 0 Å². The second-order valence-electron chi connectivity index (χ2n) is 3.77. The molecule has 0 spiro atoms. The summed E-state index contributed by atoms with van der Waals surface area (Å²) in [5.41, 5.74) is 0.650. The Labute approximate surface area is 112 Å². The fourth-order valence-electron chi connectivity index (χ4n) is 1.60. The van der Waals surface area contributed by atoms with Gasteiger partial charge in [-0.2, -0.15) is 0 Å². The molecule has 0 unspecified atom stereocenters. The Bertz CT molecular complexity index is 514. The molecule has 0 fully saturated rings. The van der Waals surface area contributed by atoms with Gasteiger partial charge in [-0.15, -0.1) is 0 Å². The van der Waals surface area contributed by atoms with Crippen LogP contribution < -0.4 is 14.8 Å². The maximum Gasteiger partial charge on any atom is 0.211 e. The summed E-state index contributed by atoms with van der Waals surface area (Å²) in [6, 6.07) is 16.8. The molecule has 0 saturated carbocycles. The maximum absolute atomic E-state index is 10.5. The zero-order chi connectivity index (χ0) is 13.3. The topological polar surface area (TPSA) is 47.6 Å². The predicted molar refractivity (Wildman–Crippen MR) is 73.6 cm³/mol. The largest absolute Gasteiger partial charge is 0.490 e. The lowest BCUT2D eigenvalue weighted by atomic mass is 10.3. The standard InChI is InChI=1S/C15H15NO3/c17-12-16-14-8-4-5-9-15(14)19-11-10-18-13-6-2-1-3-7-13/h1-9,12H,10-11H2,(H,16,17). The quantitative estimate of drug-likeness (QED) is 0.613. The van der Waals surface area contributed by atoms with Gasteiger partial charge in [-0.05, 0) is 24.3 Å². The molecule has 2 aromatic rings. The van der Waals surface area contributed by atoms with Crippen LogP contribution in [0.4, 0.5) is 5.69 Å². The molecule has 0 bridgehead atoms. The van der Waals surface area contributed by atoms with Crippen molar-refractivity contribution >= 4 is 12.1 Å².